The molecule has 0 aliphatic rings. The Labute approximate surface area is 148 Å². The van der Waals surface area contributed by atoms with Gasteiger partial charge in [0.1, 0.15) is 11.4 Å². The van der Waals surface area contributed by atoms with Gasteiger partial charge in [-0.05, 0) is 24.1 Å². The zero-order valence-electron chi connectivity index (χ0n) is 15.6. The first-order chi connectivity index (χ1) is 11.8. The van der Waals surface area contributed by atoms with Crippen LogP contribution < -0.4 is 19.9 Å². The number of methoxy groups -OCH3 is 1. The Morgan fingerprint density at radius 2 is 1.92 bits per heavy atom. The van der Waals surface area contributed by atoms with E-state index in [1.165, 1.54) is 0 Å². The quantitative estimate of drug-likeness (QED) is 0.866. The van der Waals surface area contributed by atoms with E-state index in [0.29, 0.717) is 17.5 Å². The van der Waals surface area contributed by atoms with Crippen LogP contribution in [-0.4, -0.2) is 51.2 Å². The van der Waals surface area contributed by atoms with Gasteiger partial charge in [0.2, 0.25) is 11.9 Å². The summed E-state index contributed by atoms with van der Waals surface area (Å²) in [5.74, 6) is 1.95. The molecule has 0 atom stereocenters. The molecular formula is C18H25N5O2. The van der Waals surface area contributed by atoms with Crippen LogP contribution in [0.1, 0.15) is 11.1 Å². The molecular weight excluding hydrogens is 318 g/mol. The number of carbonyl (C=O) groups is 1. The van der Waals surface area contributed by atoms with Crippen LogP contribution in [0, 0.1) is 6.92 Å². The molecule has 0 aliphatic carbocycles. The predicted molar refractivity (Wildman–Crippen MR) is 101 cm³/mol. The molecule has 0 spiro atoms. The maximum Gasteiger partial charge on any atom is 0.228 e. The second-order valence-electron chi connectivity index (χ2n) is 6.23. The van der Waals surface area contributed by atoms with Crippen LogP contribution >= 0.6 is 0 Å². The number of nitrogens with zero attached hydrogens (tertiary/aromatic N) is 4. The van der Waals surface area contributed by atoms with Crippen molar-refractivity contribution in [2.24, 2.45) is 0 Å². The minimum atomic E-state index is -0.117. The summed E-state index contributed by atoms with van der Waals surface area (Å²) in [6.45, 7) is 1.96. The van der Waals surface area contributed by atoms with Crippen molar-refractivity contribution in [1.82, 2.24) is 9.97 Å². The van der Waals surface area contributed by atoms with Gasteiger partial charge in [0.25, 0.3) is 0 Å². The lowest BCUT2D eigenvalue weighted by molar-refractivity contribution is -0.115. The van der Waals surface area contributed by atoms with Gasteiger partial charge in [-0.15, -0.1) is 0 Å². The Balaban J connectivity index is 2.16. The summed E-state index contributed by atoms with van der Waals surface area (Å²) in [5, 5.41) is 2.90. The average molecular weight is 343 g/mol. The Morgan fingerprint density at radius 1 is 1.20 bits per heavy atom. The highest BCUT2D eigenvalue weighted by atomic mass is 16.5. The van der Waals surface area contributed by atoms with Crippen molar-refractivity contribution in [2.75, 3.05) is 50.4 Å². The van der Waals surface area contributed by atoms with Crippen LogP contribution in [-0.2, 0) is 11.2 Å². The number of hydrogen-bond donors (Lipinski definition) is 1. The van der Waals surface area contributed by atoms with Crippen LogP contribution in [0.4, 0.5) is 17.5 Å². The standard InChI is InChI=1S/C18H25N5O2/c1-12-9-13(7-8-15(12)25-6)10-16(24)20-14-11-19-18(23(4)5)21-17(14)22(2)3/h7-9,11H,10H2,1-6H3,(H,20,24). The van der Waals surface area contributed by atoms with Gasteiger partial charge in [-0.3, -0.25) is 4.79 Å². The normalized spacial score (nSPS) is 10.3. The van der Waals surface area contributed by atoms with Crippen molar-refractivity contribution >= 4 is 23.4 Å². The van der Waals surface area contributed by atoms with Gasteiger partial charge in [0.05, 0.1) is 19.7 Å². The van der Waals surface area contributed by atoms with E-state index in [9.17, 15) is 4.79 Å². The molecule has 25 heavy (non-hydrogen) atoms. The van der Waals surface area contributed by atoms with Gasteiger partial charge in [-0.25, -0.2) is 4.98 Å². The highest BCUT2D eigenvalue weighted by Gasteiger charge is 2.14. The number of aromatic nitrogens is 2. The molecule has 0 aliphatic heterocycles. The number of nitrogens with one attached hydrogen (secondary N) is 1. The highest BCUT2D eigenvalue weighted by molar-refractivity contribution is 5.94. The number of hydrogen-bond acceptors (Lipinski definition) is 6. The summed E-state index contributed by atoms with van der Waals surface area (Å²) in [4.78, 5) is 24.8. The SMILES string of the molecule is COc1ccc(CC(=O)Nc2cnc(N(C)C)nc2N(C)C)cc1C. The van der Waals surface area contributed by atoms with E-state index in [-0.39, 0.29) is 12.3 Å². The fourth-order valence-corrected chi connectivity index (χ4v) is 2.44. The van der Waals surface area contributed by atoms with Crippen molar-refractivity contribution in [3.63, 3.8) is 0 Å². The molecule has 1 aromatic carbocycles. The molecule has 0 fully saturated rings. The summed E-state index contributed by atoms with van der Waals surface area (Å²) in [5.41, 5.74) is 2.51. The molecule has 7 heteroatoms. The van der Waals surface area contributed by atoms with Crippen molar-refractivity contribution in [3.05, 3.63) is 35.5 Å². The van der Waals surface area contributed by atoms with Gasteiger partial charge in [-0.1, -0.05) is 12.1 Å². The molecule has 0 saturated heterocycles. The highest BCUT2D eigenvalue weighted by Crippen LogP contribution is 2.24. The number of ether oxygens (including phenoxy) is 1. The Bertz CT molecular complexity index is 759. The van der Waals surface area contributed by atoms with E-state index in [1.54, 1.807) is 13.3 Å². The lowest BCUT2D eigenvalue weighted by atomic mass is 10.1. The predicted octanol–water partition coefficient (Wildman–Crippen LogP) is 2.11. The van der Waals surface area contributed by atoms with E-state index < -0.39 is 0 Å². The van der Waals surface area contributed by atoms with E-state index in [2.05, 4.69) is 15.3 Å². The first-order valence-electron chi connectivity index (χ1n) is 7.97. The van der Waals surface area contributed by atoms with Crippen molar-refractivity contribution in [3.8, 4) is 5.75 Å². The van der Waals surface area contributed by atoms with Gasteiger partial charge >= 0.3 is 0 Å². The minimum Gasteiger partial charge on any atom is -0.496 e. The zero-order valence-corrected chi connectivity index (χ0v) is 15.6. The summed E-state index contributed by atoms with van der Waals surface area (Å²) in [7, 11) is 9.14. The van der Waals surface area contributed by atoms with Gasteiger partial charge in [-0.2, -0.15) is 4.98 Å². The topological polar surface area (TPSA) is 70.6 Å². The summed E-state index contributed by atoms with van der Waals surface area (Å²) in [6.07, 6.45) is 1.90. The average Bonchev–Trinajstić information content (AvgIpc) is 2.54. The maximum absolute atomic E-state index is 12.4. The van der Waals surface area contributed by atoms with Crippen LogP contribution in [0.25, 0.3) is 0 Å². The van der Waals surface area contributed by atoms with Crippen molar-refractivity contribution < 1.29 is 9.53 Å². The van der Waals surface area contributed by atoms with Gasteiger partial charge in [0.15, 0.2) is 5.82 Å². The summed E-state index contributed by atoms with van der Waals surface area (Å²) >= 11 is 0. The van der Waals surface area contributed by atoms with E-state index in [4.69, 9.17) is 4.74 Å². The van der Waals surface area contributed by atoms with E-state index in [0.717, 1.165) is 16.9 Å². The van der Waals surface area contributed by atoms with Crippen molar-refractivity contribution in [1.29, 1.82) is 0 Å². The van der Waals surface area contributed by atoms with E-state index >= 15 is 0 Å². The molecule has 0 radical (unpaired) electrons. The molecule has 0 bridgehead atoms. The lowest BCUT2D eigenvalue weighted by Gasteiger charge is -2.19. The first-order valence-corrected chi connectivity index (χ1v) is 7.97. The number of amides is 1. The van der Waals surface area contributed by atoms with Gasteiger partial charge < -0.3 is 19.9 Å². The third-order valence-electron chi connectivity index (χ3n) is 3.68. The molecule has 1 heterocycles. The third kappa shape index (κ3) is 4.59. The number of rotatable bonds is 6. The number of anilines is 3. The van der Waals surface area contributed by atoms with Crippen LogP contribution in [0.2, 0.25) is 0 Å². The number of aryl methyl sites for hydroxylation is 1. The number of carbonyl (C=O) groups excluding carboxylic acids is 1. The van der Waals surface area contributed by atoms with Crippen LogP contribution in [0.5, 0.6) is 5.75 Å². The maximum atomic E-state index is 12.4. The van der Waals surface area contributed by atoms with E-state index in [1.807, 2.05) is 63.1 Å². The van der Waals surface area contributed by atoms with Crippen LogP contribution in [0.15, 0.2) is 24.4 Å². The molecule has 1 amide bonds. The fourth-order valence-electron chi connectivity index (χ4n) is 2.44. The minimum absolute atomic E-state index is 0.117. The molecule has 1 N–H and O–H groups in total. The molecule has 0 saturated carbocycles. The monoisotopic (exact) mass is 343 g/mol. The lowest BCUT2D eigenvalue weighted by Crippen LogP contribution is -2.21. The number of benzene rings is 1. The van der Waals surface area contributed by atoms with Crippen molar-refractivity contribution in [2.45, 2.75) is 13.3 Å². The second-order valence-corrected chi connectivity index (χ2v) is 6.23. The molecule has 7 nitrogen and oxygen atoms in total. The molecule has 134 valence electrons. The molecule has 2 rings (SSSR count). The third-order valence-corrected chi connectivity index (χ3v) is 3.68. The largest absolute Gasteiger partial charge is 0.496 e. The Morgan fingerprint density at radius 3 is 2.48 bits per heavy atom. The Kier molecular flexibility index (Phi) is 5.80. The molecule has 0 unspecified atom stereocenters. The smallest absolute Gasteiger partial charge is 0.228 e. The molecule has 2 aromatic rings. The molecule has 1 aromatic heterocycles. The zero-order chi connectivity index (χ0) is 18.6. The first kappa shape index (κ1) is 18.5. The second kappa shape index (κ2) is 7.83. The fraction of sp³-hybridized carbons (Fsp3) is 0.389. The summed E-state index contributed by atoms with van der Waals surface area (Å²) in [6, 6.07) is 5.72. The van der Waals surface area contributed by atoms with Gasteiger partial charge in [0, 0.05) is 28.2 Å². The summed E-state index contributed by atoms with van der Waals surface area (Å²) < 4.78 is 5.25. The van der Waals surface area contributed by atoms with Crippen LogP contribution in [0.3, 0.4) is 0 Å². The Hall–Kier alpha value is -2.83.